The highest BCUT2D eigenvalue weighted by Gasteiger charge is 2.23. The molecular formula is C21H28BrO5P. The van der Waals surface area contributed by atoms with E-state index in [-0.39, 0.29) is 17.7 Å². The van der Waals surface area contributed by atoms with Crippen LogP contribution in [0.25, 0.3) is 0 Å². The Morgan fingerprint density at radius 3 is 2.46 bits per heavy atom. The van der Waals surface area contributed by atoms with Crippen LogP contribution in [-0.4, -0.2) is 16.4 Å². The second-order valence-corrected chi connectivity index (χ2v) is 9.19. The van der Waals surface area contributed by atoms with Crippen molar-refractivity contribution in [1.29, 1.82) is 0 Å². The first kappa shape index (κ1) is 23.0. The summed E-state index contributed by atoms with van der Waals surface area (Å²) in [6, 6.07) is 12.2. The van der Waals surface area contributed by atoms with Gasteiger partial charge in [0, 0.05) is 4.47 Å². The molecule has 0 aliphatic rings. The summed E-state index contributed by atoms with van der Waals surface area (Å²) in [5.74, 6) is 0.954. The van der Waals surface area contributed by atoms with Crippen molar-refractivity contribution in [3.63, 3.8) is 0 Å². The summed E-state index contributed by atoms with van der Waals surface area (Å²) in [5, 5.41) is -0.127. The topological polar surface area (TPSA) is 76.0 Å². The lowest BCUT2D eigenvalue weighted by Gasteiger charge is -2.13. The van der Waals surface area contributed by atoms with Gasteiger partial charge in [0.2, 0.25) is 0 Å². The summed E-state index contributed by atoms with van der Waals surface area (Å²) < 4.78 is 23.7. The van der Waals surface area contributed by atoms with E-state index in [1.54, 1.807) is 12.1 Å². The van der Waals surface area contributed by atoms with Crippen molar-refractivity contribution < 1.29 is 23.8 Å². The molecule has 0 aliphatic carbocycles. The zero-order valence-corrected chi connectivity index (χ0v) is 18.6. The van der Waals surface area contributed by atoms with E-state index >= 15 is 0 Å². The molecule has 0 saturated carbocycles. The molecule has 0 amide bonds. The second-order valence-electron chi connectivity index (χ2n) is 6.71. The molecule has 0 radical (unpaired) electrons. The minimum atomic E-state index is -4.42. The smallest absolute Gasteiger partial charge is 0.360 e. The van der Waals surface area contributed by atoms with Gasteiger partial charge < -0.3 is 19.3 Å². The van der Waals surface area contributed by atoms with Crippen molar-refractivity contribution in [3.05, 3.63) is 52.5 Å². The van der Waals surface area contributed by atoms with Gasteiger partial charge in [0.05, 0.1) is 6.61 Å². The second kappa shape index (κ2) is 11.6. The first-order valence-corrected chi connectivity index (χ1v) is 12.0. The van der Waals surface area contributed by atoms with E-state index in [1.807, 2.05) is 24.3 Å². The third-order valence-corrected chi connectivity index (χ3v) is 5.76. The van der Waals surface area contributed by atoms with Gasteiger partial charge in [-0.3, -0.25) is 4.57 Å². The van der Waals surface area contributed by atoms with E-state index < -0.39 is 7.60 Å². The summed E-state index contributed by atoms with van der Waals surface area (Å²) >= 11 is 3.23. The van der Waals surface area contributed by atoms with Crippen molar-refractivity contribution in [1.82, 2.24) is 0 Å². The number of benzene rings is 2. The maximum Gasteiger partial charge on any atom is 0.360 e. The molecule has 2 rings (SSSR count). The highest BCUT2D eigenvalue weighted by Crippen LogP contribution is 2.38. The van der Waals surface area contributed by atoms with E-state index in [2.05, 4.69) is 22.9 Å². The van der Waals surface area contributed by atoms with Crippen LogP contribution in [0, 0.1) is 0 Å². The molecule has 0 bridgehead atoms. The Morgan fingerprint density at radius 1 is 0.964 bits per heavy atom. The maximum absolute atomic E-state index is 11.7. The molecule has 7 heteroatoms. The predicted molar refractivity (Wildman–Crippen MR) is 115 cm³/mol. The lowest BCUT2D eigenvalue weighted by atomic mass is 10.1. The van der Waals surface area contributed by atoms with Gasteiger partial charge in [-0.25, -0.2) is 0 Å². The zero-order valence-electron chi connectivity index (χ0n) is 16.1. The van der Waals surface area contributed by atoms with Gasteiger partial charge in [0.15, 0.2) is 0 Å². The first-order chi connectivity index (χ1) is 13.4. The molecule has 154 valence electrons. The van der Waals surface area contributed by atoms with Crippen molar-refractivity contribution >= 4 is 28.8 Å². The van der Waals surface area contributed by atoms with Crippen LogP contribution in [-0.2, 0) is 11.2 Å². The fraction of sp³-hybridized carbons (Fsp3) is 0.429. The average molecular weight is 471 g/mol. The summed E-state index contributed by atoms with van der Waals surface area (Å²) in [6.45, 7) is 3.10. The predicted octanol–water partition coefficient (Wildman–Crippen LogP) is 5.57. The molecule has 0 atom stereocenters. The Hall–Kier alpha value is -1.33. The number of unbranched alkanes of at least 4 members (excludes halogenated alkanes) is 5. The molecule has 28 heavy (non-hydrogen) atoms. The van der Waals surface area contributed by atoms with Crippen molar-refractivity contribution in [2.24, 2.45) is 0 Å². The van der Waals surface area contributed by atoms with E-state index in [9.17, 15) is 14.4 Å². The average Bonchev–Trinajstić information content (AvgIpc) is 2.66. The lowest BCUT2D eigenvalue weighted by molar-refractivity contribution is 0.295. The van der Waals surface area contributed by atoms with E-state index in [0.29, 0.717) is 11.1 Å². The van der Waals surface area contributed by atoms with Crippen molar-refractivity contribution in [2.75, 3.05) is 6.61 Å². The Bertz CT molecular complexity index is 790. The molecule has 2 aromatic rings. The van der Waals surface area contributed by atoms with E-state index in [1.165, 1.54) is 38.2 Å². The van der Waals surface area contributed by atoms with Gasteiger partial charge in [0.1, 0.15) is 23.4 Å². The Kier molecular flexibility index (Phi) is 9.52. The molecule has 0 aromatic heterocycles. The summed E-state index contributed by atoms with van der Waals surface area (Å²) in [7, 11) is -4.42. The van der Waals surface area contributed by atoms with Crippen LogP contribution in [0.1, 0.15) is 51.0 Å². The summed E-state index contributed by atoms with van der Waals surface area (Å²) in [6.07, 6.45) is 7.30. The van der Waals surface area contributed by atoms with E-state index in [4.69, 9.17) is 9.47 Å². The van der Waals surface area contributed by atoms with Gasteiger partial charge >= 0.3 is 7.60 Å². The molecule has 0 spiro atoms. The minimum absolute atomic E-state index is 0.127. The van der Waals surface area contributed by atoms with Crippen LogP contribution >= 0.6 is 23.5 Å². The van der Waals surface area contributed by atoms with Crippen LogP contribution in [0.3, 0.4) is 0 Å². The molecule has 5 nitrogen and oxygen atoms in total. The molecule has 0 fully saturated rings. The highest BCUT2D eigenvalue weighted by molar-refractivity contribution is 9.10. The quantitative estimate of drug-likeness (QED) is 0.313. The van der Waals surface area contributed by atoms with Crippen LogP contribution in [0.15, 0.2) is 46.9 Å². The summed E-state index contributed by atoms with van der Waals surface area (Å²) in [4.78, 5) is 19.0. The summed E-state index contributed by atoms with van der Waals surface area (Å²) in [5.41, 5.74) is 0.875. The largest absolute Gasteiger partial charge is 0.494 e. The van der Waals surface area contributed by atoms with Crippen LogP contribution < -0.4 is 14.8 Å². The van der Waals surface area contributed by atoms with Gasteiger partial charge in [-0.15, -0.1) is 0 Å². The molecule has 2 N–H and O–H groups in total. The van der Waals surface area contributed by atoms with Crippen LogP contribution in [0.4, 0.5) is 0 Å². The number of rotatable bonds is 12. The zero-order chi connectivity index (χ0) is 20.4. The first-order valence-electron chi connectivity index (χ1n) is 9.60. The maximum atomic E-state index is 11.7. The molecule has 0 aliphatic heterocycles. The van der Waals surface area contributed by atoms with Crippen molar-refractivity contribution in [2.45, 2.75) is 52.1 Å². The third kappa shape index (κ3) is 7.96. The molecule has 0 heterocycles. The fourth-order valence-corrected chi connectivity index (χ4v) is 4.07. The highest BCUT2D eigenvalue weighted by atomic mass is 79.9. The van der Waals surface area contributed by atoms with Gasteiger partial charge in [0.25, 0.3) is 0 Å². The Balaban J connectivity index is 1.87. The molecule has 2 aromatic carbocycles. The SMILES string of the molecule is CCCCCCCCOc1cccc(COc2ccc(Br)cc2P(=O)(O)O)c1. The monoisotopic (exact) mass is 470 g/mol. The number of hydrogen-bond acceptors (Lipinski definition) is 3. The number of hydrogen-bond donors (Lipinski definition) is 2. The van der Waals surface area contributed by atoms with Crippen LogP contribution in [0.2, 0.25) is 0 Å². The Morgan fingerprint density at radius 2 is 1.71 bits per heavy atom. The number of halogens is 1. The lowest BCUT2D eigenvalue weighted by Crippen LogP contribution is -2.10. The van der Waals surface area contributed by atoms with Gasteiger partial charge in [-0.2, -0.15) is 0 Å². The molecular weight excluding hydrogens is 443 g/mol. The molecule has 0 saturated heterocycles. The van der Waals surface area contributed by atoms with Gasteiger partial charge in [-0.05, 0) is 42.3 Å². The molecule has 0 unspecified atom stereocenters. The Labute approximate surface area is 175 Å². The fourth-order valence-electron chi connectivity index (χ4n) is 2.80. The minimum Gasteiger partial charge on any atom is -0.494 e. The van der Waals surface area contributed by atoms with Crippen molar-refractivity contribution in [3.8, 4) is 11.5 Å². The number of ether oxygens (including phenoxy) is 2. The van der Waals surface area contributed by atoms with E-state index in [0.717, 1.165) is 17.7 Å². The normalized spacial score (nSPS) is 11.4. The van der Waals surface area contributed by atoms with Crippen LogP contribution in [0.5, 0.6) is 11.5 Å². The van der Waals surface area contributed by atoms with Gasteiger partial charge in [-0.1, -0.05) is 67.1 Å². The standard InChI is InChI=1S/C21H28BrO5P/c1-2-3-4-5-6-7-13-26-19-10-8-9-17(14-19)16-27-20-12-11-18(22)15-21(20)28(23,24)25/h8-12,14-15H,2-7,13,16H2,1H3,(H2,23,24,25). The third-order valence-electron chi connectivity index (χ3n) is 4.29.